The predicted molar refractivity (Wildman–Crippen MR) is 109 cm³/mol. The molecule has 0 unspecified atom stereocenters. The number of carbonyl (C=O) groups is 3. The van der Waals surface area contributed by atoms with Gasteiger partial charge in [0.1, 0.15) is 0 Å². The van der Waals surface area contributed by atoms with Crippen LogP contribution in [0.3, 0.4) is 0 Å². The Kier molecular flexibility index (Phi) is 6.26. The van der Waals surface area contributed by atoms with Crippen molar-refractivity contribution in [2.45, 2.75) is 32.2 Å². The molecular formula is C21H24N4O3. The first-order chi connectivity index (χ1) is 13.5. The van der Waals surface area contributed by atoms with Crippen molar-refractivity contribution in [2.75, 3.05) is 17.2 Å². The molecule has 1 aliphatic rings. The van der Waals surface area contributed by atoms with Gasteiger partial charge in [-0.25, -0.2) is 4.79 Å². The number of urea groups is 1. The van der Waals surface area contributed by atoms with Crippen molar-refractivity contribution < 1.29 is 14.4 Å². The molecule has 146 valence electrons. The second-order valence-corrected chi connectivity index (χ2v) is 6.74. The van der Waals surface area contributed by atoms with Gasteiger partial charge in [0.25, 0.3) is 11.8 Å². The Morgan fingerprint density at radius 2 is 1.64 bits per heavy atom. The Balaban J connectivity index is 1.58. The molecule has 7 nitrogen and oxygen atoms in total. The van der Waals surface area contributed by atoms with Gasteiger partial charge in [-0.2, -0.15) is 0 Å². The highest BCUT2D eigenvalue weighted by Gasteiger charge is 2.23. The molecule has 1 fully saturated rings. The van der Waals surface area contributed by atoms with Crippen molar-refractivity contribution in [1.82, 2.24) is 10.6 Å². The van der Waals surface area contributed by atoms with Crippen LogP contribution in [0.5, 0.6) is 0 Å². The van der Waals surface area contributed by atoms with E-state index >= 15 is 0 Å². The molecule has 2 aromatic rings. The van der Waals surface area contributed by atoms with E-state index < -0.39 is 0 Å². The number of hydrogen-bond donors (Lipinski definition) is 4. The number of rotatable bonds is 7. The first-order valence-corrected chi connectivity index (χ1v) is 9.42. The van der Waals surface area contributed by atoms with Gasteiger partial charge in [0, 0.05) is 35.1 Å². The molecule has 1 saturated carbocycles. The molecule has 28 heavy (non-hydrogen) atoms. The zero-order valence-corrected chi connectivity index (χ0v) is 15.7. The summed E-state index contributed by atoms with van der Waals surface area (Å²) in [5, 5.41) is 11.2. The molecule has 0 atom stereocenters. The molecule has 0 aromatic heterocycles. The first-order valence-electron chi connectivity index (χ1n) is 9.42. The Morgan fingerprint density at radius 3 is 2.32 bits per heavy atom. The summed E-state index contributed by atoms with van der Waals surface area (Å²) in [7, 11) is 0. The minimum absolute atomic E-state index is 0.136. The minimum atomic E-state index is -0.297. The molecule has 3 rings (SSSR count). The maximum Gasteiger partial charge on any atom is 0.319 e. The van der Waals surface area contributed by atoms with Gasteiger partial charge in [-0.05, 0) is 61.7 Å². The monoisotopic (exact) mass is 380 g/mol. The molecule has 0 spiro atoms. The zero-order chi connectivity index (χ0) is 19.9. The van der Waals surface area contributed by atoms with E-state index in [1.54, 1.807) is 48.5 Å². The van der Waals surface area contributed by atoms with Crippen molar-refractivity contribution >= 4 is 29.2 Å². The number of amides is 4. The third-order valence-electron chi connectivity index (χ3n) is 4.24. The van der Waals surface area contributed by atoms with E-state index in [4.69, 9.17) is 0 Å². The van der Waals surface area contributed by atoms with Crippen molar-refractivity contribution in [3.63, 3.8) is 0 Å². The maximum absolute atomic E-state index is 12.5. The van der Waals surface area contributed by atoms with Crippen LogP contribution in [0, 0.1) is 0 Å². The fourth-order valence-corrected chi connectivity index (χ4v) is 2.57. The lowest BCUT2D eigenvalue weighted by Crippen LogP contribution is -2.30. The smallest absolute Gasteiger partial charge is 0.319 e. The number of anilines is 2. The molecule has 0 aliphatic heterocycles. The van der Waals surface area contributed by atoms with Gasteiger partial charge in [-0.1, -0.05) is 13.0 Å². The summed E-state index contributed by atoms with van der Waals surface area (Å²) >= 11 is 0. The van der Waals surface area contributed by atoms with Crippen molar-refractivity contribution in [1.29, 1.82) is 0 Å². The highest BCUT2D eigenvalue weighted by molar-refractivity contribution is 6.05. The average Bonchev–Trinajstić information content (AvgIpc) is 3.50. The Labute approximate surface area is 163 Å². The quantitative estimate of drug-likeness (QED) is 0.593. The molecule has 0 radical (unpaired) electrons. The van der Waals surface area contributed by atoms with E-state index in [2.05, 4.69) is 21.3 Å². The number of carbonyl (C=O) groups excluding carboxylic acids is 3. The molecule has 4 N–H and O–H groups in total. The summed E-state index contributed by atoms with van der Waals surface area (Å²) in [6.45, 7) is 2.61. The normalized spacial score (nSPS) is 12.8. The zero-order valence-electron chi connectivity index (χ0n) is 15.7. The van der Waals surface area contributed by atoms with Gasteiger partial charge in [-0.3, -0.25) is 9.59 Å². The second kappa shape index (κ2) is 9.03. The predicted octanol–water partition coefficient (Wildman–Crippen LogP) is 3.36. The average molecular weight is 380 g/mol. The van der Waals surface area contributed by atoms with Gasteiger partial charge in [-0.15, -0.1) is 0 Å². The lowest BCUT2D eigenvalue weighted by Gasteiger charge is -2.10. The van der Waals surface area contributed by atoms with E-state index in [1.165, 1.54) is 0 Å². The summed E-state index contributed by atoms with van der Waals surface area (Å²) in [5.74, 6) is -0.433. The summed E-state index contributed by atoms with van der Waals surface area (Å²) in [6, 6.07) is 13.4. The largest absolute Gasteiger partial charge is 0.352 e. The highest BCUT2D eigenvalue weighted by Crippen LogP contribution is 2.19. The Morgan fingerprint density at radius 1 is 0.893 bits per heavy atom. The van der Waals surface area contributed by atoms with Gasteiger partial charge in [0.05, 0.1) is 0 Å². The van der Waals surface area contributed by atoms with E-state index in [-0.39, 0.29) is 23.9 Å². The van der Waals surface area contributed by atoms with Crippen LogP contribution in [0.2, 0.25) is 0 Å². The molecular weight excluding hydrogens is 356 g/mol. The molecule has 0 saturated heterocycles. The molecule has 0 bridgehead atoms. The molecule has 2 aromatic carbocycles. The number of nitrogens with one attached hydrogen (secondary N) is 4. The van der Waals surface area contributed by atoms with E-state index in [0.717, 1.165) is 19.3 Å². The van der Waals surface area contributed by atoms with Crippen LogP contribution in [-0.2, 0) is 0 Å². The van der Waals surface area contributed by atoms with Crippen LogP contribution < -0.4 is 21.3 Å². The standard InChI is InChI=1S/C21H24N4O3/c1-2-12-22-19(26)14-6-8-16(9-7-14)23-20(27)15-4-3-5-18(13-15)25-21(28)24-17-10-11-17/h3-9,13,17H,2,10-12H2,1H3,(H,22,26)(H,23,27)(H2,24,25,28). The van der Waals surface area contributed by atoms with Gasteiger partial charge in [0.15, 0.2) is 0 Å². The van der Waals surface area contributed by atoms with Crippen LogP contribution in [0.1, 0.15) is 46.9 Å². The van der Waals surface area contributed by atoms with Gasteiger partial charge < -0.3 is 21.3 Å². The third-order valence-corrected chi connectivity index (χ3v) is 4.24. The van der Waals surface area contributed by atoms with Crippen LogP contribution in [0.4, 0.5) is 16.2 Å². The summed E-state index contributed by atoms with van der Waals surface area (Å²) in [4.78, 5) is 36.2. The number of hydrogen-bond acceptors (Lipinski definition) is 3. The molecule has 1 aliphatic carbocycles. The Bertz CT molecular complexity index is 860. The lowest BCUT2D eigenvalue weighted by molar-refractivity contribution is 0.0953. The topological polar surface area (TPSA) is 99.3 Å². The SMILES string of the molecule is CCCNC(=O)c1ccc(NC(=O)c2cccc(NC(=O)NC3CC3)c2)cc1. The van der Waals surface area contributed by atoms with Gasteiger partial charge in [0.2, 0.25) is 0 Å². The molecule has 0 heterocycles. The highest BCUT2D eigenvalue weighted by atomic mass is 16.2. The minimum Gasteiger partial charge on any atom is -0.352 e. The fraction of sp³-hybridized carbons (Fsp3) is 0.286. The van der Waals surface area contributed by atoms with E-state index in [9.17, 15) is 14.4 Å². The second-order valence-electron chi connectivity index (χ2n) is 6.74. The van der Waals surface area contributed by atoms with Crippen molar-refractivity contribution in [3.05, 3.63) is 59.7 Å². The summed E-state index contributed by atoms with van der Waals surface area (Å²) < 4.78 is 0. The Hall–Kier alpha value is -3.35. The summed E-state index contributed by atoms with van der Waals surface area (Å²) in [6.07, 6.45) is 2.89. The van der Waals surface area contributed by atoms with Crippen molar-refractivity contribution in [2.24, 2.45) is 0 Å². The van der Waals surface area contributed by atoms with Crippen molar-refractivity contribution in [3.8, 4) is 0 Å². The summed E-state index contributed by atoms with van der Waals surface area (Å²) in [5.41, 5.74) is 2.10. The molecule has 4 amide bonds. The van der Waals surface area contributed by atoms with Crippen LogP contribution >= 0.6 is 0 Å². The first kappa shape index (κ1) is 19.4. The lowest BCUT2D eigenvalue weighted by atomic mass is 10.1. The molecule has 7 heteroatoms. The third kappa shape index (κ3) is 5.57. The fourth-order valence-electron chi connectivity index (χ4n) is 2.57. The van der Waals surface area contributed by atoms with Crippen LogP contribution in [-0.4, -0.2) is 30.4 Å². The van der Waals surface area contributed by atoms with E-state index in [0.29, 0.717) is 29.0 Å². The van der Waals surface area contributed by atoms with Crippen LogP contribution in [0.15, 0.2) is 48.5 Å². The maximum atomic E-state index is 12.5. The van der Waals surface area contributed by atoms with E-state index in [1.807, 2.05) is 6.92 Å². The van der Waals surface area contributed by atoms with Gasteiger partial charge >= 0.3 is 6.03 Å². The van der Waals surface area contributed by atoms with Crippen LogP contribution in [0.25, 0.3) is 0 Å². The number of benzene rings is 2.